The Labute approximate surface area is 312 Å². The van der Waals surface area contributed by atoms with Crippen molar-refractivity contribution < 1.29 is 37.7 Å². The first-order chi connectivity index (χ1) is 24.7. The van der Waals surface area contributed by atoms with E-state index in [9.17, 15) is 13.2 Å². The van der Waals surface area contributed by atoms with E-state index in [1.165, 1.54) is 5.19 Å². The van der Waals surface area contributed by atoms with Crippen molar-refractivity contribution in [1.82, 2.24) is 19.5 Å². The molecule has 0 aliphatic heterocycles. The predicted octanol–water partition coefficient (Wildman–Crippen LogP) is 10.4. The quantitative estimate of drug-likeness (QED) is 0.100. The summed E-state index contributed by atoms with van der Waals surface area (Å²) in [5.74, 6) is -2.49. The van der Waals surface area contributed by atoms with Crippen molar-refractivity contribution in [3.05, 3.63) is 151 Å². The summed E-state index contributed by atoms with van der Waals surface area (Å²) in [6, 6.07) is 42.0. The fourth-order valence-corrected chi connectivity index (χ4v) is 7.24. The van der Waals surface area contributed by atoms with E-state index in [-0.39, 0.29) is 42.0 Å². The van der Waals surface area contributed by atoms with E-state index in [1.807, 2.05) is 102 Å². The van der Waals surface area contributed by atoms with Gasteiger partial charge in [0.2, 0.25) is 5.95 Å². The first kappa shape index (κ1) is 35.0. The predicted molar refractivity (Wildman–Crippen MR) is 199 cm³/mol. The standard InChI is InChI=1S/C28H13F3N3O.C14H16NSi.Ir/c29-20-12-11-18(25-24(20)19-14-23(30)33-27(31)26(19)35-25)28-32-21-7-3-4-8-22(21)34(28)17-10-9-15-5-1-2-6-16(15)13-17;1-16(2,3)13-9-10-14(15-11-13)12-7-5-4-6-8-12;/h1-10,12-14H;4-7,9-11H,1-3H3;/q2*-1;. The summed E-state index contributed by atoms with van der Waals surface area (Å²) in [6.45, 7) is 7.00. The molecule has 5 nitrogen and oxygen atoms in total. The van der Waals surface area contributed by atoms with Crippen LogP contribution < -0.4 is 5.19 Å². The summed E-state index contributed by atoms with van der Waals surface area (Å²) in [5, 5.41) is 3.43. The smallest absolute Gasteiger partial charge is 0.258 e. The molecule has 0 N–H and O–H groups in total. The van der Waals surface area contributed by atoms with Gasteiger partial charge in [-0.05, 0) is 51.3 Å². The molecule has 0 saturated heterocycles. The minimum absolute atomic E-state index is 0. The Morgan fingerprint density at radius 3 is 2.27 bits per heavy atom. The maximum absolute atomic E-state index is 14.9. The van der Waals surface area contributed by atoms with Gasteiger partial charge in [0.05, 0.1) is 30.5 Å². The van der Waals surface area contributed by atoms with Crippen LogP contribution in [0.15, 0.2) is 126 Å². The van der Waals surface area contributed by atoms with Crippen molar-refractivity contribution in [3.63, 3.8) is 0 Å². The van der Waals surface area contributed by atoms with Crippen LogP contribution in [0.5, 0.6) is 0 Å². The molecule has 4 aromatic heterocycles. The van der Waals surface area contributed by atoms with Crippen molar-refractivity contribution in [2.75, 3.05) is 0 Å². The first-order valence-electron chi connectivity index (χ1n) is 16.3. The average Bonchev–Trinajstić information content (AvgIpc) is 3.72. The van der Waals surface area contributed by atoms with Gasteiger partial charge in [-0.25, -0.2) is 0 Å². The number of furan rings is 1. The topological polar surface area (TPSA) is 56.7 Å². The second-order valence-corrected chi connectivity index (χ2v) is 18.3. The molecule has 0 saturated carbocycles. The molecule has 0 bridgehead atoms. The molecule has 0 fully saturated rings. The molecule has 10 heteroatoms. The molecule has 0 atom stereocenters. The van der Waals surface area contributed by atoms with Crippen LogP contribution in [0.25, 0.3) is 72.1 Å². The second kappa shape index (κ2) is 14.0. The Morgan fingerprint density at radius 2 is 1.52 bits per heavy atom. The van der Waals surface area contributed by atoms with Gasteiger partial charge in [-0.1, -0.05) is 79.8 Å². The van der Waals surface area contributed by atoms with Gasteiger partial charge in [-0.2, -0.15) is 13.8 Å². The van der Waals surface area contributed by atoms with E-state index in [0.717, 1.165) is 45.4 Å². The summed E-state index contributed by atoms with van der Waals surface area (Å²) < 4.78 is 50.9. The Hall–Kier alpha value is -5.41. The van der Waals surface area contributed by atoms with Crippen molar-refractivity contribution in [1.29, 1.82) is 0 Å². The number of rotatable bonds is 4. The number of pyridine rings is 2. The Bertz CT molecular complexity index is 2720. The van der Waals surface area contributed by atoms with Gasteiger partial charge in [0.1, 0.15) is 0 Å². The number of hydrogen-bond donors (Lipinski definition) is 0. The second-order valence-electron chi connectivity index (χ2n) is 13.2. The molecule has 0 aliphatic rings. The third kappa shape index (κ3) is 6.45. The van der Waals surface area contributed by atoms with Crippen molar-refractivity contribution in [2.24, 2.45) is 0 Å². The largest absolute Gasteiger partial charge is 0.496 e. The van der Waals surface area contributed by atoms with Crippen molar-refractivity contribution in [3.8, 4) is 28.3 Å². The minimum Gasteiger partial charge on any atom is -0.496 e. The van der Waals surface area contributed by atoms with E-state index < -0.39 is 25.8 Å². The number of imidazole rings is 1. The van der Waals surface area contributed by atoms with Gasteiger partial charge in [0.25, 0.3) is 5.95 Å². The molecular weight excluding hydrogens is 854 g/mol. The molecule has 9 aromatic rings. The Kier molecular flexibility index (Phi) is 9.39. The summed E-state index contributed by atoms with van der Waals surface area (Å²) in [4.78, 5) is 12.5. The molecule has 5 aromatic carbocycles. The summed E-state index contributed by atoms with van der Waals surface area (Å²) in [6.07, 6.45) is 2.02. The molecule has 259 valence electrons. The molecule has 1 radical (unpaired) electrons. The van der Waals surface area contributed by atoms with Crippen LogP contribution in [0.1, 0.15) is 0 Å². The fraction of sp³-hybridized carbons (Fsp3) is 0.0714. The molecule has 9 rings (SSSR count). The van der Waals surface area contributed by atoms with Gasteiger partial charge < -0.3 is 14.0 Å². The number of aromatic nitrogens is 4. The first-order valence-corrected chi connectivity index (χ1v) is 19.8. The Morgan fingerprint density at radius 1 is 0.750 bits per heavy atom. The van der Waals surface area contributed by atoms with E-state index in [0.29, 0.717) is 16.9 Å². The van der Waals surface area contributed by atoms with Gasteiger partial charge in [-0.15, -0.1) is 48.0 Å². The zero-order valence-corrected chi connectivity index (χ0v) is 31.6. The van der Waals surface area contributed by atoms with E-state index in [1.54, 1.807) is 0 Å². The average molecular weight is 883 g/mol. The SMILES string of the molecule is C[Si](C)(C)c1ccc(-c2[c-]cccc2)nc1.Fc1cc2c(oc3c(-c4nc5ccccc5n4-c4ccc5ccccc5c4)[c-]cc(F)c32)c(F)n1.[Ir]. The van der Waals surface area contributed by atoms with Gasteiger partial charge >= 0.3 is 0 Å². The number of nitrogens with zero attached hydrogens (tertiary/aromatic N) is 4. The Balaban J connectivity index is 0.000000209. The number of para-hydroxylation sites is 2. The monoisotopic (exact) mass is 883 g/mol. The van der Waals surface area contributed by atoms with Gasteiger partial charge in [0.15, 0.2) is 5.58 Å². The van der Waals surface area contributed by atoms with Crippen LogP contribution in [0.2, 0.25) is 19.6 Å². The summed E-state index contributed by atoms with van der Waals surface area (Å²) in [5.41, 5.74) is 4.43. The van der Waals surface area contributed by atoms with Crippen molar-refractivity contribution in [2.45, 2.75) is 19.6 Å². The van der Waals surface area contributed by atoms with Gasteiger partial charge in [-0.3, -0.25) is 9.37 Å². The number of halogens is 3. The van der Waals surface area contributed by atoms with Crippen LogP contribution in [0.3, 0.4) is 0 Å². The van der Waals surface area contributed by atoms with Crippen LogP contribution in [0, 0.1) is 29.8 Å². The van der Waals surface area contributed by atoms with Crippen LogP contribution in [-0.4, -0.2) is 27.6 Å². The number of hydrogen-bond acceptors (Lipinski definition) is 4. The molecule has 4 heterocycles. The molecule has 0 unspecified atom stereocenters. The van der Waals surface area contributed by atoms with E-state index in [4.69, 9.17) is 9.40 Å². The number of benzene rings is 5. The normalized spacial score (nSPS) is 11.5. The van der Waals surface area contributed by atoms with Crippen LogP contribution in [-0.2, 0) is 20.1 Å². The summed E-state index contributed by atoms with van der Waals surface area (Å²) >= 11 is 0. The zero-order chi connectivity index (χ0) is 35.3. The molecule has 0 spiro atoms. The molecule has 0 amide bonds. The van der Waals surface area contributed by atoms with E-state index in [2.05, 4.69) is 53.9 Å². The number of fused-ring (bicyclic) bond motifs is 5. The van der Waals surface area contributed by atoms with Gasteiger partial charge in [0, 0.05) is 49.3 Å². The third-order valence-corrected chi connectivity index (χ3v) is 10.8. The molecule has 52 heavy (non-hydrogen) atoms. The minimum atomic E-state index is -1.23. The fourth-order valence-electron chi connectivity index (χ4n) is 6.20. The third-order valence-electron chi connectivity index (χ3n) is 8.80. The van der Waals surface area contributed by atoms with Crippen LogP contribution >= 0.6 is 0 Å². The van der Waals surface area contributed by atoms with Crippen LogP contribution in [0.4, 0.5) is 13.2 Å². The maximum Gasteiger partial charge on any atom is 0.258 e. The summed E-state index contributed by atoms with van der Waals surface area (Å²) in [7, 11) is -1.23. The molecular formula is C42H29F3IrN4OSi-2. The maximum atomic E-state index is 14.9. The molecule has 0 aliphatic carbocycles. The van der Waals surface area contributed by atoms with Crippen molar-refractivity contribution >= 4 is 57.0 Å². The zero-order valence-electron chi connectivity index (χ0n) is 28.2. The van der Waals surface area contributed by atoms with E-state index >= 15 is 0 Å².